The van der Waals surface area contributed by atoms with Crippen molar-refractivity contribution in [1.82, 2.24) is 19.7 Å². The molecule has 0 aliphatic heterocycles. The molecule has 0 N–H and O–H groups in total. The molecule has 29 heavy (non-hydrogen) atoms. The molecular formula is C18H11F7N4. The Morgan fingerprint density at radius 2 is 1.55 bits per heavy atom. The van der Waals surface area contributed by atoms with E-state index in [-0.39, 0.29) is 11.9 Å². The van der Waals surface area contributed by atoms with Crippen molar-refractivity contribution in [3.8, 4) is 11.4 Å². The molecule has 4 nitrogen and oxygen atoms in total. The van der Waals surface area contributed by atoms with Crippen molar-refractivity contribution >= 4 is 11.8 Å². The lowest BCUT2D eigenvalue weighted by Gasteiger charge is -2.13. The van der Waals surface area contributed by atoms with E-state index in [1.165, 1.54) is 18.5 Å². The van der Waals surface area contributed by atoms with Gasteiger partial charge in [-0.25, -0.2) is 14.6 Å². The van der Waals surface area contributed by atoms with Crippen LogP contribution in [0, 0.1) is 5.95 Å². The zero-order chi connectivity index (χ0) is 21.4. The highest BCUT2D eigenvalue weighted by Crippen LogP contribution is 2.38. The Balaban J connectivity index is 1.99. The van der Waals surface area contributed by atoms with Gasteiger partial charge in [-0.1, -0.05) is 0 Å². The summed E-state index contributed by atoms with van der Waals surface area (Å²) in [5.41, 5.74) is -2.23. The normalized spacial score (nSPS) is 13.0. The van der Waals surface area contributed by atoms with Crippen LogP contribution < -0.4 is 0 Å². The van der Waals surface area contributed by atoms with Crippen LogP contribution in [-0.4, -0.2) is 19.7 Å². The highest BCUT2D eigenvalue weighted by molar-refractivity contribution is 5.73. The molecule has 0 aliphatic carbocycles. The van der Waals surface area contributed by atoms with Crippen LogP contribution in [-0.2, 0) is 12.4 Å². The molecule has 11 heteroatoms. The van der Waals surface area contributed by atoms with E-state index in [2.05, 4.69) is 15.1 Å². The van der Waals surface area contributed by atoms with Crippen molar-refractivity contribution in [2.45, 2.75) is 19.3 Å². The zero-order valence-corrected chi connectivity index (χ0v) is 14.6. The molecule has 0 bridgehead atoms. The first kappa shape index (κ1) is 20.5. The van der Waals surface area contributed by atoms with Crippen LogP contribution in [0.4, 0.5) is 30.7 Å². The lowest BCUT2D eigenvalue weighted by Crippen LogP contribution is -2.11. The van der Waals surface area contributed by atoms with Crippen molar-refractivity contribution in [2.75, 3.05) is 0 Å². The molecule has 3 aromatic rings. The summed E-state index contributed by atoms with van der Waals surface area (Å²) in [6.07, 6.45) is -6.12. The molecule has 0 radical (unpaired) electrons. The van der Waals surface area contributed by atoms with Gasteiger partial charge in [-0.05, 0) is 48.4 Å². The van der Waals surface area contributed by atoms with Crippen molar-refractivity contribution in [2.24, 2.45) is 0 Å². The average Bonchev–Trinajstić information content (AvgIpc) is 3.09. The lowest BCUT2D eigenvalue weighted by molar-refractivity contribution is -0.143. The van der Waals surface area contributed by atoms with Gasteiger partial charge in [-0.2, -0.15) is 30.7 Å². The van der Waals surface area contributed by atoms with E-state index in [0.29, 0.717) is 23.3 Å². The molecule has 0 aliphatic rings. The molecular weight excluding hydrogens is 405 g/mol. The summed E-state index contributed by atoms with van der Waals surface area (Å²) in [6.45, 7) is 1.64. The molecule has 2 aromatic heterocycles. The Labute approximate surface area is 159 Å². The van der Waals surface area contributed by atoms with E-state index >= 15 is 0 Å². The van der Waals surface area contributed by atoms with E-state index in [0.717, 1.165) is 17.1 Å². The van der Waals surface area contributed by atoms with Crippen molar-refractivity contribution in [1.29, 1.82) is 0 Å². The van der Waals surface area contributed by atoms with Crippen LogP contribution in [0.15, 0.2) is 42.9 Å². The zero-order valence-electron chi connectivity index (χ0n) is 14.6. The van der Waals surface area contributed by atoms with Crippen molar-refractivity contribution in [3.63, 3.8) is 0 Å². The van der Waals surface area contributed by atoms with Crippen LogP contribution in [0.25, 0.3) is 23.2 Å². The molecule has 0 unspecified atom stereocenters. The van der Waals surface area contributed by atoms with Crippen molar-refractivity contribution in [3.05, 3.63) is 65.5 Å². The van der Waals surface area contributed by atoms with E-state index in [1.807, 2.05) is 0 Å². The summed E-state index contributed by atoms with van der Waals surface area (Å²) in [6, 6.07) is 3.73. The number of allylic oxidation sites excluding steroid dienone is 1. The first-order valence-corrected chi connectivity index (χ1v) is 7.95. The number of pyridine rings is 1. The highest BCUT2D eigenvalue weighted by atomic mass is 19.4. The third-order valence-electron chi connectivity index (χ3n) is 3.86. The van der Waals surface area contributed by atoms with Gasteiger partial charge < -0.3 is 0 Å². The van der Waals surface area contributed by atoms with Crippen LogP contribution in [0.2, 0.25) is 0 Å². The molecule has 0 saturated carbocycles. The Morgan fingerprint density at radius 3 is 2.07 bits per heavy atom. The maximum absolute atomic E-state index is 13.0. The first-order chi connectivity index (χ1) is 13.4. The lowest BCUT2D eigenvalue weighted by atomic mass is 10.0. The maximum atomic E-state index is 13.0. The van der Waals surface area contributed by atoms with Crippen LogP contribution >= 0.6 is 0 Å². The third kappa shape index (κ3) is 4.79. The average molecular weight is 416 g/mol. The molecule has 0 spiro atoms. The molecule has 0 fully saturated rings. The number of hydrogen-bond acceptors (Lipinski definition) is 3. The number of hydrogen-bond donors (Lipinski definition) is 0. The fourth-order valence-electron chi connectivity index (χ4n) is 2.44. The van der Waals surface area contributed by atoms with Gasteiger partial charge in [0, 0.05) is 18.0 Å². The Hall–Kier alpha value is -3.24. The van der Waals surface area contributed by atoms with Gasteiger partial charge in [0.1, 0.15) is 6.33 Å². The Bertz CT molecular complexity index is 1020. The Kier molecular flexibility index (Phi) is 5.16. The highest BCUT2D eigenvalue weighted by Gasteiger charge is 2.37. The number of benzene rings is 1. The number of rotatable bonds is 3. The summed E-state index contributed by atoms with van der Waals surface area (Å²) in [5.74, 6) is -0.988. The van der Waals surface area contributed by atoms with E-state index in [4.69, 9.17) is 0 Å². The predicted octanol–water partition coefficient (Wildman–Crippen LogP) is 5.53. The third-order valence-corrected chi connectivity index (χ3v) is 3.86. The SMILES string of the molecule is C/C(=C\n1cnc(-c2cc(C(F)(F)F)cc(C(F)(F)F)c2)n1)c1ccc(F)nc1. The minimum absolute atomic E-state index is 0.0338. The van der Waals surface area contributed by atoms with Gasteiger partial charge in [-0.15, -0.1) is 5.10 Å². The number of nitrogens with zero attached hydrogens (tertiary/aromatic N) is 4. The molecule has 0 amide bonds. The predicted molar refractivity (Wildman–Crippen MR) is 89.5 cm³/mol. The summed E-state index contributed by atoms with van der Waals surface area (Å²) < 4.78 is 91.9. The van der Waals surface area contributed by atoms with E-state index in [9.17, 15) is 30.7 Å². The molecule has 1 aromatic carbocycles. The minimum Gasteiger partial charge on any atom is -0.228 e. The van der Waals surface area contributed by atoms with Gasteiger partial charge in [-0.3, -0.25) is 0 Å². The molecule has 0 atom stereocenters. The van der Waals surface area contributed by atoms with Gasteiger partial charge in [0.25, 0.3) is 0 Å². The number of aromatic nitrogens is 4. The second-order valence-electron chi connectivity index (χ2n) is 6.02. The van der Waals surface area contributed by atoms with E-state index < -0.39 is 35.0 Å². The minimum atomic E-state index is -4.97. The van der Waals surface area contributed by atoms with Gasteiger partial charge in [0.15, 0.2) is 5.82 Å². The van der Waals surface area contributed by atoms with Crippen LogP contribution in [0.1, 0.15) is 23.6 Å². The standard InChI is InChI=1S/C18H11F7N4/c1-10(11-2-3-15(19)26-7-11)8-29-9-27-16(28-29)12-4-13(17(20,21)22)6-14(5-12)18(23,24)25/h2-9H,1H3/b10-8+. The summed E-state index contributed by atoms with van der Waals surface area (Å²) in [5, 5.41) is 3.91. The van der Waals surface area contributed by atoms with Crippen LogP contribution in [0.5, 0.6) is 0 Å². The smallest absolute Gasteiger partial charge is 0.228 e. The van der Waals surface area contributed by atoms with Crippen molar-refractivity contribution < 1.29 is 30.7 Å². The Morgan fingerprint density at radius 1 is 0.931 bits per heavy atom. The van der Waals surface area contributed by atoms with Gasteiger partial charge >= 0.3 is 12.4 Å². The molecule has 0 saturated heterocycles. The van der Waals surface area contributed by atoms with Crippen LogP contribution in [0.3, 0.4) is 0 Å². The first-order valence-electron chi connectivity index (χ1n) is 7.95. The second-order valence-corrected chi connectivity index (χ2v) is 6.02. The fraction of sp³-hybridized carbons (Fsp3) is 0.167. The van der Waals surface area contributed by atoms with Gasteiger partial charge in [0.05, 0.1) is 11.1 Å². The number of halogens is 7. The summed E-state index contributed by atoms with van der Waals surface area (Å²) in [4.78, 5) is 7.28. The molecule has 3 rings (SSSR count). The maximum Gasteiger partial charge on any atom is 0.416 e. The topological polar surface area (TPSA) is 43.6 Å². The summed E-state index contributed by atoms with van der Waals surface area (Å²) in [7, 11) is 0. The monoisotopic (exact) mass is 416 g/mol. The quantitative estimate of drug-likeness (QED) is 0.416. The van der Waals surface area contributed by atoms with Gasteiger partial charge in [0.2, 0.25) is 5.95 Å². The second kappa shape index (κ2) is 7.30. The summed E-state index contributed by atoms with van der Waals surface area (Å²) >= 11 is 0. The van der Waals surface area contributed by atoms with E-state index in [1.54, 1.807) is 6.92 Å². The molecule has 2 heterocycles. The number of alkyl halides is 6. The largest absolute Gasteiger partial charge is 0.416 e. The fourth-order valence-corrected chi connectivity index (χ4v) is 2.44. The molecule has 152 valence electrons.